The van der Waals surface area contributed by atoms with Gasteiger partial charge in [-0.1, -0.05) is 62.9 Å². The summed E-state index contributed by atoms with van der Waals surface area (Å²) in [6, 6.07) is 15.3. The van der Waals surface area contributed by atoms with Crippen LogP contribution in [0.15, 0.2) is 91.9 Å². The number of fused-ring (bicyclic) bond motifs is 4. The van der Waals surface area contributed by atoms with Crippen LogP contribution in [0.3, 0.4) is 0 Å². The number of hydrogen-bond acceptors (Lipinski definition) is 8. The van der Waals surface area contributed by atoms with E-state index in [0.717, 1.165) is 4.47 Å². The predicted octanol–water partition coefficient (Wildman–Crippen LogP) is 9.60. The fourth-order valence-electron chi connectivity index (χ4n) is 8.95. The van der Waals surface area contributed by atoms with E-state index in [1.165, 1.54) is 18.1 Å². The van der Waals surface area contributed by atoms with Crippen LogP contribution in [0.5, 0.6) is 11.5 Å². The van der Waals surface area contributed by atoms with Gasteiger partial charge in [0.1, 0.15) is 0 Å². The van der Waals surface area contributed by atoms with Gasteiger partial charge in [-0.2, -0.15) is 18.2 Å². The van der Waals surface area contributed by atoms with E-state index in [9.17, 15) is 32.7 Å². The topological polar surface area (TPSA) is 129 Å². The van der Waals surface area contributed by atoms with Crippen molar-refractivity contribution in [3.05, 3.63) is 119 Å². The van der Waals surface area contributed by atoms with Crippen LogP contribution in [-0.4, -0.2) is 45.8 Å². The molecule has 0 radical (unpaired) electrons. The van der Waals surface area contributed by atoms with Crippen molar-refractivity contribution < 1.29 is 42.2 Å². The number of anilines is 2. The average molecular weight is 1010 g/mol. The van der Waals surface area contributed by atoms with Crippen LogP contribution in [-0.2, 0) is 30.8 Å². The molecule has 4 aliphatic rings. The molecule has 3 fully saturated rings. The van der Waals surface area contributed by atoms with E-state index in [2.05, 4.69) is 58.2 Å². The first-order chi connectivity index (χ1) is 27.0. The number of pyridine rings is 1. The van der Waals surface area contributed by atoms with Gasteiger partial charge in [-0.3, -0.25) is 29.5 Å². The molecule has 3 aromatic carbocycles. The summed E-state index contributed by atoms with van der Waals surface area (Å²) in [6.45, 7) is 0. The first kappa shape index (κ1) is 39.8. The van der Waals surface area contributed by atoms with Gasteiger partial charge in [-0.05, 0) is 110 Å². The van der Waals surface area contributed by atoms with Crippen LogP contribution in [0.4, 0.5) is 24.7 Å². The summed E-state index contributed by atoms with van der Waals surface area (Å²) >= 11 is 23.1. The van der Waals surface area contributed by atoms with Crippen LogP contribution in [0.1, 0.15) is 35.4 Å². The second-order valence-electron chi connectivity index (χ2n) is 14.1. The normalized spacial score (nSPS) is 25.6. The summed E-state index contributed by atoms with van der Waals surface area (Å²) in [6.07, 6.45) is -2.33. The van der Waals surface area contributed by atoms with Gasteiger partial charge in [0, 0.05) is 26.1 Å². The van der Waals surface area contributed by atoms with Crippen molar-refractivity contribution in [2.24, 2.45) is 23.7 Å². The number of imide groups is 2. The van der Waals surface area contributed by atoms with E-state index in [4.69, 9.17) is 27.9 Å². The minimum absolute atomic E-state index is 0.0281. The lowest BCUT2D eigenvalue weighted by atomic mass is 9.49. The van der Waals surface area contributed by atoms with Gasteiger partial charge in [-0.15, -0.1) is 0 Å². The van der Waals surface area contributed by atoms with Crippen molar-refractivity contribution in [2.75, 3.05) is 17.4 Å². The van der Waals surface area contributed by atoms with Gasteiger partial charge in [0.2, 0.25) is 11.8 Å². The van der Waals surface area contributed by atoms with Gasteiger partial charge in [0.05, 0.1) is 51.0 Å². The molecule has 8 rings (SSSR count). The number of nitrogens with zero attached hydrogens (tertiary/aromatic N) is 3. The number of halogens is 8. The van der Waals surface area contributed by atoms with Gasteiger partial charge in [-0.25, -0.2) is 4.98 Å². The van der Waals surface area contributed by atoms with Crippen molar-refractivity contribution in [1.29, 1.82) is 0 Å². The number of aromatic nitrogens is 1. The maximum atomic E-state index is 15.5. The number of hydrogen-bond donors (Lipinski definition) is 2. The summed E-state index contributed by atoms with van der Waals surface area (Å²) in [7, 11) is 1.35. The van der Waals surface area contributed by atoms with Crippen molar-refractivity contribution in [3.63, 3.8) is 0 Å². The number of rotatable bonds is 6. The summed E-state index contributed by atoms with van der Waals surface area (Å²) in [5.74, 6) is -7.83. The van der Waals surface area contributed by atoms with E-state index in [-0.39, 0.29) is 34.6 Å². The number of phenols is 1. The van der Waals surface area contributed by atoms with Crippen LogP contribution in [0, 0.1) is 23.7 Å². The molecule has 0 spiro atoms. The number of ether oxygens (including phenoxy) is 1. The Kier molecular flexibility index (Phi) is 10.1. The smallest absolute Gasteiger partial charge is 0.417 e. The maximum Gasteiger partial charge on any atom is 0.417 e. The molecule has 0 bridgehead atoms. The Labute approximate surface area is 357 Å². The van der Waals surface area contributed by atoms with Crippen LogP contribution < -0.4 is 15.1 Å². The molecular formula is C39H26Br3Cl2F3N4O6. The minimum Gasteiger partial charge on any atom is -0.503 e. The summed E-state index contributed by atoms with van der Waals surface area (Å²) in [5.41, 5.74) is 1.38. The quantitative estimate of drug-likeness (QED) is 0.144. The Morgan fingerprint density at radius 1 is 0.930 bits per heavy atom. The molecule has 1 aromatic heterocycles. The summed E-state index contributed by atoms with van der Waals surface area (Å²) < 4.78 is 47.4. The molecule has 10 nitrogen and oxygen atoms in total. The molecule has 2 aliphatic carbocycles. The molecule has 3 heterocycles. The van der Waals surface area contributed by atoms with Gasteiger partial charge >= 0.3 is 6.18 Å². The molecule has 2 aliphatic heterocycles. The Morgan fingerprint density at radius 2 is 1.61 bits per heavy atom. The number of amides is 4. The molecule has 57 heavy (non-hydrogen) atoms. The number of alkyl halides is 3. The number of phenolic OH excluding ortho intramolecular Hbond substituents is 1. The van der Waals surface area contributed by atoms with Crippen molar-refractivity contribution in [3.8, 4) is 11.5 Å². The number of methoxy groups -OCH3 is 1. The number of carbonyl (C=O) groups is 4. The third-order valence-corrected chi connectivity index (χ3v) is 14.6. The number of allylic oxidation sites excluding steroid dienone is 2. The molecule has 2 N–H and O–H groups in total. The van der Waals surface area contributed by atoms with Gasteiger partial charge in [0.25, 0.3) is 11.8 Å². The molecule has 294 valence electrons. The SMILES string of the molecule is COc1cc([C@H]2C3=CC[C@@H]4C(=O)N(c5ccc(Br)cc5)C(=O)[C@@H]4[C@@H]3C[C@H]3C(=O)N(Nc4ncc(C(F)(F)F)cc4Cl)C(=O)[C@@]23c2ccc(Cl)cc2)c(Br)c(Br)c1O. The Morgan fingerprint density at radius 3 is 2.25 bits per heavy atom. The molecule has 4 amide bonds. The Balaban J connectivity index is 1.35. The van der Waals surface area contributed by atoms with E-state index in [1.807, 2.05) is 6.08 Å². The van der Waals surface area contributed by atoms with Crippen molar-refractivity contribution in [1.82, 2.24) is 9.99 Å². The first-order valence-corrected chi connectivity index (χ1v) is 20.4. The standard InChI is InChI=1S/C39H26Br3Cl2F3N4O6/c1-57-27-14-24(30(41)31(42)32(27)52)29-21-10-11-22-28(36(55)50(34(22)53)20-8-4-18(40)5-9-20)23(21)13-25-35(54)51(37(56)38(25,29)16-2-6-19(43)7-3-16)49-33-26(44)12-17(15-48-33)39(45,46)47/h2-10,12,14-15,22-23,25,28-29,52H,11,13H2,1H3,(H,48,49)/t22-,23+,25-,28-,29+,38+/m0/s1. The Bertz CT molecular complexity index is 2440. The fraction of sp³-hybridized carbons (Fsp3) is 0.256. The number of nitrogens with one attached hydrogen (secondary N) is 1. The molecule has 2 saturated heterocycles. The van der Waals surface area contributed by atoms with Gasteiger partial charge in [0.15, 0.2) is 17.3 Å². The number of hydrazine groups is 1. The number of aromatic hydroxyl groups is 1. The first-order valence-electron chi connectivity index (χ1n) is 17.2. The van der Waals surface area contributed by atoms with E-state index in [0.29, 0.717) is 49.2 Å². The lowest BCUT2D eigenvalue weighted by Crippen LogP contribution is -2.53. The zero-order chi connectivity index (χ0) is 40.9. The molecule has 0 unspecified atom stereocenters. The predicted molar refractivity (Wildman–Crippen MR) is 214 cm³/mol. The highest BCUT2D eigenvalue weighted by Gasteiger charge is 2.71. The summed E-state index contributed by atoms with van der Waals surface area (Å²) in [4.78, 5) is 64.1. The van der Waals surface area contributed by atoms with E-state index >= 15 is 4.79 Å². The molecule has 6 atom stereocenters. The van der Waals surface area contributed by atoms with Crippen molar-refractivity contribution in [2.45, 2.75) is 30.4 Å². The van der Waals surface area contributed by atoms with Crippen LogP contribution in [0.25, 0.3) is 0 Å². The highest BCUT2D eigenvalue weighted by Crippen LogP contribution is 2.66. The average Bonchev–Trinajstić information content (AvgIpc) is 3.56. The third-order valence-electron chi connectivity index (χ3n) is 11.3. The monoisotopic (exact) mass is 1010 g/mol. The summed E-state index contributed by atoms with van der Waals surface area (Å²) in [5, 5.41) is 11.6. The highest BCUT2D eigenvalue weighted by atomic mass is 79.9. The molecule has 1 saturated carbocycles. The third kappa shape index (κ3) is 6.11. The number of benzene rings is 3. The zero-order valence-corrected chi connectivity index (χ0v) is 35.4. The second-order valence-corrected chi connectivity index (χ2v) is 17.4. The zero-order valence-electron chi connectivity index (χ0n) is 29.1. The highest BCUT2D eigenvalue weighted by molar-refractivity contribution is 9.13. The van der Waals surface area contributed by atoms with Crippen LogP contribution >= 0.6 is 71.0 Å². The lowest BCUT2D eigenvalue weighted by Gasteiger charge is -2.51. The number of carbonyl (C=O) groups excluding carboxylic acids is 4. The minimum atomic E-state index is -4.77. The Hall–Kier alpha value is -3.96. The molecule has 4 aromatic rings. The second kappa shape index (κ2) is 14.4. The maximum absolute atomic E-state index is 15.5. The molecule has 18 heteroatoms. The van der Waals surface area contributed by atoms with E-state index in [1.54, 1.807) is 48.5 Å². The fourth-order valence-corrected chi connectivity index (χ4v) is 10.5. The largest absolute Gasteiger partial charge is 0.503 e. The van der Waals surface area contributed by atoms with Gasteiger partial charge < -0.3 is 9.84 Å². The molecular weight excluding hydrogens is 988 g/mol. The lowest BCUT2D eigenvalue weighted by molar-refractivity contribution is -0.139. The van der Waals surface area contributed by atoms with E-state index < -0.39 is 75.4 Å². The van der Waals surface area contributed by atoms with Crippen molar-refractivity contribution >= 4 is 106 Å². The van der Waals surface area contributed by atoms with Crippen LogP contribution in [0.2, 0.25) is 10.0 Å².